The molecular weight excluding hydrogens is 543 g/mol. The fourth-order valence-electron chi connectivity index (χ4n) is 6.69. The van der Waals surface area contributed by atoms with E-state index in [1.807, 2.05) is 11.1 Å². The molecule has 0 aromatic heterocycles. The standard InChI is InChI=1S/C32H46F3N5O2/c1-6-22-17-21(2)28(37-19-22)29(24-7-9-25(10-8-24)32(33,34)35)39-15-16-40(26(20-39)31(3,4)5)27(41)18-23-11-13-38(14-12-23)30(36)42/h7-10,17,19,21,23,26,28-29H,6,11-16,18,20H2,1-5H3,(H2,36,42). The van der Waals surface area contributed by atoms with Gasteiger partial charge in [0, 0.05) is 51.4 Å². The van der Waals surface area contributed by atoms with Gasteiger partial charge in [-0.25, -0.2) is 4.79 Å². The summed E-state index contributed by atoms with van der Waals surface area (Å²) in [5, 5.41) is 0. The number of dihydropyridines is 1. The highest BCUT2D eigenvalue weighted by atomic mass is 19.4. The summed E-state index contributed by atoms with van der Waals surface area (Å²) in [6, 6.07) is 4.64. The quantitative estimate of drug-likeness (QED) is 0.448. The second kappa shape index (κ2) is 12.8. The van der Waals surface area contributed by atoms with E-state index in [0.717, 1.165) is 42.5 Å². The summed E-state index contributed by atoms with van der Waals surface area (Å²) in [5.41, 5.74) is 6.51. The van der Waals surface area contributed by atoms with E-state index in [0.29, 0.717) is 39.1 Å². The number of allylic oxidation sites excluding steroid dienone is 1. The smallest absolute Gasteiger partial charge is 0.351 e. The van der Waals surface area contributed by atoms with Crippen LogP contribution in [-0.2, 0) is 11.0 Å². The number of hydrogen-bond donors (Lipinski definition) is 1. The predicted molar refractivity (Wildman–Crippen MR) is 159 cm³/mol. The zero-order valence-electron chi connectivity index (χ0n) is 25.5. The van der Waals surface area contributed by atoms with Crippen LogP contribution in [0.2, 0.25) is 0 Å². The average Bonchev–Trinajstić information content (AvgIpc) is 2.93. The van der Waals surface area contributed by atoms with Gasteiger partial charge in [0.15, 0.2) is 0 Å². The van der Waals surface area contributed by atoms with Gasteiger partial charge < -0.3 is 15.5 Å². The highest BCUT2D eigenvalue weighted by molar-refractivity contribution is 5.80. The van der Waals surface area contributed by atoms with E-state index in [1.165, 1.54) is 0 Å². The van der Waals surface area contributed by atoms with Crippen molar-refractivity contribution in [2.24, 2.45) is 28.0 Å². The summed E-state index contributed by atoms with van der Waals surface area (Å²) in [6.45, 7) is 13.5. The molecule has 2 fully saturated rings. The molecule has 4 rings (SSSR count). The lowest BCUT2D eigenvalue weighted by molar-refractivity contribution is -0.142. The van der Waals surface area contributed by atoms with Crippen LogP contribution in [0.15, 0.2) is 40.9 Å². The Bertz CT molecular complexity index is 1170. The third-order valence-corrected chi connectivity index (χ3v) is 9.25. The maximum absolute atomic E-state index is 13.7. The summed E-state index contributed by atoms with van der Waals surface area (Å²) in [5.74, 6) is 0.442. The van der Waals surface area contributed by atoms with Gasteiger partial charge in [0.1, 0.15) is 0 Å². The highest BCUT2D eigenvalue weighted by Gasteiger charge is 2.43. The van der Waals surface area contributed by atoms with Crippen LogP contribution in [0, 0.1) is 17.3 Å². The normalized spacial score (nSPS) is 25.3. The van der Waals surface area contributed by atoms with Gasteiger partial charge in [-0.1, -0.05) is 52.8 Å². The van der Waals surface area contributed by atoms with Gasteiger partial charge in [-0.15, -0.1) is 0 Å². The Morgan fingerprint density at radius 1 is 1.05 bits per heavy atom. The Morgan fingerprint density at radius 3 is 2.21 bits per heavy atom. The number of rotatable bonds is 6. The van der Waals surface area contributed by atoms with Crippen LogP contribution in [0.5, 0.6) is 0 Å². The van der Waals surface area contributed by atoms with Gasteiger partial charge in [0.25, 0.3) is 0 Å². The van der Waals surface area contributed by atoms with Crippen LogP contribution in [0.25, 0.3) is 0 Å². The zero-order valence-corrected chi connectivity index (χ0v) is 25.5. The maximum Gasteiger partial charge on any atom is 0.416 e. The minimum atomic E-state index is -4.40. The van der Waals surface area contributed by atoms with Crippen LogP contribution in [0.3, 0.4) is 0 Å². The number of benzene rings is 1. The molecule has 0 spiro atoms. The first-order chi connectivity index (χ1) is 19.7. The first kappa shape index (κ1) is 32.0. The lowest BCUT2D eigenvalue weighted by Crippen LogP contribution is -2.61. The number of hydrogen-bond acceptors (Lipinski definition) is 4. The number of piperazine rings is 1. The average molecular weight is 590 g/mol. The number of amides is 3. The highest BCUT2D eigenvalue weighted by Crippen LogP contribution is 2.39. The van der Waals surface area contributed by atoms with E-state index in [-0.39, 0.29) is 41.3 Å². The van der Waals surface area contributed by atoms with E-state index in [4.69, 9.17) is 10.7 Å². The summed E-state index contributed by atoms with van der Waals surface area (Å²) >= 11 is 0. The number of carbonyl (C=O) groups excluding carboxylic acids is 2. The lowest BCUT2D eigenvalue weighted by Gasteiger charge is -2.51. The van der Waals surface area contributed by atoms with Gasteiger partial charge in [0.2, 0.25) is 5.91 Å². The monoisotopic (exact) mass is 589 g/mol. The Balaban J connectivity index is 1.57. The fourth-order valence-corrected chi connectivity index (χ4v) is 6.69. The largest absolute Gasteiger partial charge is 0.416 e. The van der Waals surface area contributed by atoms with Gasteiger partial charge >= 0.3 is 12.2 Å². The third kappa shape index (κ3) is 7.36. The first-order valence-corrected chi connectivity index (χ1v) is 15.2. The molecule has 0 aliphatic carbocycles. The Morgan fingerprint density at radius 2 is 1.69 bits per heavy atom. The molecule has 232 valence electrons. The summed E-state index contributed by atoms with van der Waals surface area (Å²) in [6.07, 6.45) is 2.57. The minimum absolute atomic E-state index is 0.0778. The zero-order chi connectivity index (χ0) is 30.8. The molecule has 4 unspecified atom stereocenters. The van der Waals surface area contributed by atoms with Gasteiger partial charge in [-0.3, -0.25) is 14.7 Å². The number of urea groups is 1. The summed E-state index contributed by atoms with van der Waals surface area (Å²) in [7, 11) is 0. The van der Waals surface area contributed by atoms with E-state index in [9.17, 15) is 22.8 Å². The van der Waals surface area contributed by atoms with Crippen LogP contribution in [0.1, 0.15) is 77.5 Å². The molecule has 3 heterocycles. The number of nitrogens with zero attached hydrogens (tertiary/aromatic N) is 4. The number of nitrogens with two attached hydrogens (primary N) is 1. The van der Waals surface area contributed by atoms with Gasteiger partial charge in [-0.2, -0.15) is 13.2 Å². The van der Waals surface area contributed by atoms with Crippen molar-refractivity contribution < 1.29 is 22.8 Å². The third-order valence-electron chi connectivity index (χ3n) is 9.25. The number of primary amides is 1. The number of likely N-dealkylation sites (tertiary alicyclic amines) is 1. The van der Waals surface area contributed by atoms with Crippen LogP contribution in [-0.4, -0.2) is 77.7 Å². The maximum atomic E-state index is 13.7. The molecular formula is C32H46F3N5O2. The van der Waals surface area contributed by atoms with Crippen molar-refractivity contribution in [2.45, 2.75) is 84.6 Å². The van der Waals surface area contributed by atoms with Gasteiger partial charge in [-0.05, 0) is 59.8 Å². The first-order valence-electron chi connectivity index (χ1n) is 15.2. The predicted octanol–water partition coefficient (Wildman–Crippen LogP) is 5.91. The number of carbonyl (C=O) groups is 2. The second-order valence-electron chi connectivity index (χ2n) is 13.2. The molecule has 0 radical (unpaired) electrons. The van der Waals surface area contributed by atoms with Crippen molar-refractivity contribution >= 4 is 18.2 Å². The van der Waals surface area contributed by atoms with Crippen molar-refractivity contribution in [1.82, 2.24) is 14.7 Å². The minimum Gasteiger partial charge on any atom is -0.351 e. The van der Waals surface area contributed by atoms with E-state index < -0.39 is 17.8 Å². The Labute approximate surface area is 248 Å². The lowest BCUT2D eigenvalue weighted by atomic mass is 9.81. The fraction of sp³-hybridized carbons (Fsp3) is 0.656. The van der Waals surface area contributed by atoms with Crippen LogP contribution >= 0.6 is 0 Å². The molecule has 3 amide bonds. The molecule has 7 nitrogen and oxygen atoms in total. The molecule has 3 aliphatic heterocycles. The summed E-state index contributed by atoms with van der Waals surface area (Å²) in [4.78, 5) is 36.1. The molecule has 42 heavy (non-hydrogen) atoms. The molecule has 0 saturated carbocycles. The van der Waals surface area contributed by atoms with Crippen molar-refractivity contribution in [2.75, 3.05) is 32.7 Å². The Kier molecular flexibility index (Phi) is 9.75. The van der Waals surface area contributed by atoms with Crippen LogP contribution < -0.4 is 5.73 Å². The number of alkyl halides is 3. The number of piperidine rings is 1. The molecule has 2 N–H and O–H groups in total. The van der Waals surface area contributed by atoms with Crippen LogP contribution in [0.4, 0.5) is 18.0 Å². The van der Waals surface area contributed by atoms with Crippen molar-refractivity contribution in [3.63, 3.8) is 0 Å². The molecule has 4 atom stereocenters. The Hall–Kier alpha value is -2.88. The second-order valence-corrected chi connectivity index (χ2v) is 13.2. The molecule has 1 aromatic carbocycles. The SMILES string of the molecule is CCC1=CC(C)C(C(c2ccc(C(F)(F)F)cc2)N2CCN(C(=O)CC3CCN(C(N)=O)CC3)C(C(C)(C)C)C2)N=C1. The molecule has 2 saturated heterocycles. The van der Waals surface area contributed by atoms with Crippen molar-refractivity contribution in [1.29, 1.82) is 0 Å². The van der Waals surface area contributed by atoms with E-state index >= 15 is 0 Å². The van der Waals surface area contributed by atoms with E-state index in [2.05, 4.69) is 45.6 Å². The topological polar surface area (TPSA) is 82.2 Å². The van der Waals surface area contributed by atoms with E-state index in [1.54, 1.807) is 17.0 Å². The van der Waals surface area contributed by atoms with Crippen molar-refractivity contribution in [3.8, 4) is 0 Å². The van der Waals surface area contributed by atoms with Crippen molar-refractivity contribution in [3.05, 3.63) is 47.0 Å². The number of halogens is 3. The molecule has 3 aliphatic rings. The molecule has 10 heteroatoms. The van der Waals surface area contributed by atoms with Gasteiger partial charge in [0.05, 0.1) is 17.6 Å². The molecule has 1 aromatic rings. The molecule has 0 bridgehead atoms. The number of aliphatic imine (C=N–C) groups is 1. The summed E-state index contributed by atoms with van der Waals surface area (Å²) < 4.78 is 40.2.